The summed E-state index contributed by atoms with van der Waals surface area (Å²) < 4.78 is 14.4. The molecule has 23 heavy (non-hydrogen) atoms. The standard InChI is InChI=1S/C10H18O5.C6H6.C2H6/c1-8(6-14-9(2)11)4-5-13-7-15-10(3)12;1-2-4-6-5-3-1;1-2/h8H,4-7H2,1-3H3;1-6H;1-2H3. The molecule has 132 valence electrons. The largest absolute Gasteiger partial charge is 0.466 e. The van der Waals surface area contributed by atoms with E-state index in [1.807, 2.05) is 57.2 Å². The summed E-state index contributed by atoms with van der Waals surface area (Å²) in [6.45, 7) is 9.52. The van der Waals surface area contributed by atoms with Crippen LogP contribution in [-0.4, -0.2) is 31.9 Å². The second kappa shape index (κ2) is 18.2. The molecule has 0 fully saturated rings. The Morgan fingerprint density at radius 3 is 1.70 bits per heavy atom. The fourth-order valence-corrected chi connectivity index (χ4v) is 1.20. The number of rotatable bonds is 7. The number of esters is 2. The summed E-state index contributed by atoms with van der Waals surface area (Å²) in [6, 6.07) is 12.0. The summed E-state index contributed by atoms with van der Waals surface area (Å²) in [7, 11) is 0. The van der Waals surface area contributed by atoms with Crippen molar-refractivity contribution < 1.29 is 23.8 Å². The van der Waals surface area contributed by atoms with Crippen molar-refractivity contribution >= 4 is 11.9 Å². The van der Waals surface area contributed by atoms with Crippen molar-refractivity contribution in [3.8, 4) is 0 Å². The number of carbonyl (C=O) groups is 2. The molecule has 5 nitrogen and oxygen atoms in total. The van der Waals surface area contributed by atoms with Crippen LogP contribution in [0.15, 0.2) is 36.4 Å². The molecule has 0 amide bonds. The molecular weight excluding hydrogens is 296 g/mol. The van der Waals surface area contributed by atoms with Crippen LogP contribution in [0.5, 0.6) is 0 Å². The molecule has 1 aromatic carbocycles. The normalized spacial score (nSPS) is 10.1. The molecule has 0 aliphatic rings. The van der Waals surface area contributed by atoms with E-state index in [2.05, 4.69) is 4.74 Å². The average Bonchev–Trinajstić information content (AvgIpc) is 2.56. The van der Waals surface area contributed by atoms with Gasteiger partial charge in [-0.25, -0.2) is 0 Å². The lowest BCUT2D eigenvalue weighted by atomic mass is 10.1. The SMILES string of the molecule is CC.CC(=O)OCOCCC(C)COC(C)=O.c1ccccc1. The topological polar surface area (TPSA) is 61.8 Å². The molecule has 5 heteroatoms. The van der Waals surface area contributed by atoms with Gasteiger partial charge in [0, 0.05) is 13.8 Å². The van der Waals surface area contributed by atoms with Crippen molar-refractivity contribution in [3.05, 3.63) is 36.4 Å². The van der Waals surface area contributed by atoms with Crippen molar-refractivity contribution in [2.24, 2.45) is 5.92 Å². The zero-order valence-corrected chi connectivity index (χ0v) is 14.9. The summed E-state index contributed by atoms with van der Waals surface area (Å²) in [5.41, 5.74) is 0. The third-order valence-electron chi connectivity index (χ3n) is 2.34. The third kappa shape index (κ3) is 22.5. The lowest BCUT2D eigenvalue weighted by Gasteiger charge is -2.11. The van der Waals surface area contributed by atoms with Gasteiger partial charge in [0.05, 0.1) is 13.2 Å². The number of carbonyl (C=O) groups excluding carboxylic acids is 2. The predicted molar refractivity (Wildman–Crippen MR) is 90.8 cm³/mol. The van der Waals surface area contributed by atoms with E-state index in [4.69, 9.17) is 9.47 Å². The Morgan fingerprint density at radius 1 is 0.870 bits per heavy atom. The molecule has 0 saturated heterocycles. The molecule has 0 heterocycles. The van der Waals surface area contributed by atoms with Gasteiger partial charge in [0.1, 0.15) is 0 Å². The fraction of sp³-hybridized carbons (Fsp3) is 0.556. The van der Waals surface area contributed by atoms with Crippen LogP contribution in [0, 0.1) is 5.92 Å². The van der Waals surface area contributed by atoms with Crippen LogP contribution in [0.4, 0.5) is 0 Å². The Labute approximate surface area is 139 Å². The summed E-state index contributed by atoms with van der Waals surface area (Å²) in [6.07, 6.45) is 0.758. The number of hydrogen-bond donors (Lipinski definition) is 0. The summed E-state index contributed by atoms with van der Waals surface area (Å²) in [4.78, 5) is 20.8. The van der Waals surface area contributed by atoms with E-state index in [9.17, 15) is 9.59 Å². The maximum atomic E-state index is 10.5. The van der Waals surface area contributed by atoms with Crippen molar-refractivity contribution in [2.75, 3.05) is 20.0 Å². The Morgan fingerprint density at radius 2 is 1.30 bits per heavy atom. The number of ether oxygens (including phenoxy) is 3. The van der Waals surface area contributed by atoms with Crippen LogP contribution in [0.1, 0.15) is 41.0 Å². The van der Waals surface area contributed by atoms with Gasteiger partial charge >= 0.3 is 11.9 Å². The van der Waals surface area contributed by atoms with E-state index in [0.29, 0.717) is 13.2 Å². The van der Waals surface area contributed by atoms with Crippen molar-refractivity contribution in [1.29, 1.82) is 0 Å². The first-order chi connectivity index (χ1) is 11.0. The van der Waals surface area contributed by atoms with Crippen LogP contribution in [0.3, 0.4) is 0 Å². The first-order valence-corrected chi connectivity index (χ1v) is 7.87. The highest BCUT2D eigenvalue weighted by molar-refractivity contribution is 5.66. The van der Waals surface area contributed by atoms with E-state index in [1.165, 1.54) is 13.8 Å². The van der Waals surface area contributed by atoms with Crippen LogP contribution in [-0.2, 0) is 23.8 Å². The Bertz CT molecular complexity index is 352. The lowest BCUT2D eigenvalue weighted by Crippen LogP contribution is -2.13. The summed E-state index contributed by atoms with van der Waals surface area (Å²) in [5.74, 6) is -0.392. The molecule has 1 unspecified atom stereocenters. The monoisotopic (exact) mass is 326 g/mol. The molecule has 0 saturated carbocycles. The van der Waals surface area contributed by atoms with E-state index >= 15 is 0 Å². The fourth-order valence-electron chi connectivity index (χ4n) is 1.20. The number of benzene rings is 1. The molecule has 1 rings (SSSR count). The molecule has 0 N–H and O–H groups in total. The second-order valence-corrected chi connectivity index (χ2v) is 4.51. The Kier molecular flexibility index (Phi) is 18.5. The molecular formula is C18H30O5. The minimum Gasteiger partial charge on any atom is -0.466 e. The van der Waals surface area contributed by atoms with Gasteiger partial charge in [-0.15, -0.1) is 0 Å². The minimum atomic E-state index is -0.358. The molecule has 0 aromatic heterocycles. The minimum absolute atomic E-state index is 0.0182. The van der Waals surface area contributed by atoms with Gasteiger partial charge < -0.3 is 14.2 Å². The van der Waals surface area contributed by atoms with E-state index in [-0.39, 0.29) is 24.6 Å². The lowest BCUT2D eigenvalue weighted by molar-refractivity contribution is -0.154. The quantitative estimate of drug-likeness (QED) is 0.433. The zero-order chi connectivity index (χ0) is 17.9. The number of hydrogen-bond acceptors (Lipinski definition) is 5. The smallest absolute Gasteiger partial charge is 0.304 e. The van der Waals surface area contributed by atoms with Crippen molar-refractivity contribution in [3.63, 3.8) is 0 Å². The average molecular weight is 326 g/mol. The van der Waals surface area contributed by atoms with Gasteiger partial charge in [0.15, 0.2) is 6.79 Å². The maximum absolute atomic E-state index is 10.5. The van der Waals surface area contributed by atoms with E-state index in [1.54, 1.807) is 0 Å². The van der Waals surface area contributed by atoms with Gasteiger partial charge in [0.25, 0.3) is 0 Å². The molecule has 0 radical (unpaired) electrons. The molecule has 0 aliphatic heterocycles. The molecule has 1 atom stereocenters. The zero-order valence-electron chi connectivity index (χ0n) is 14.9. The third-order valence-corrected chi connectivity index (χ3v) is 2.34. The van der Waals surface area contributed by atoms with Crippen LogP contribution in [0.2, 0.25) is 0 Å². The Hall–Kier alpha value is -1.88. The second-order valence-electron chi connectivity index (χ2n) is 4.51. The predicted octanol–water partition coefficient (Wildman–Crippen LogP) is 3.83. The van der Waals surface area contributed by atoms with Gasteiger partial charge in [0.2, 0.25) is 0 Å². The van der Waals surface area contributed by atoms with Gasteiger partial charge in [-0.3, -0.25) is 9.59 Å². The Balaban J connectivity index is 0. The molecule has 0 spiro atoms. The van der Waals surface area contributed by atoms with Crippen LogP contribution in [0.25, 0.3) is 0 Å². The molecule has 0 bridgehead atoms. The van der Waals surface area contributed by atoms with Gasteiger partial charge in [-0.05, 0) is 12.3 Å². The highest BCUT2D eigenvalue weighted by Gasteiger charge is 2.04. The highest BCUT2D eigenvalue weighted by Crippen LogP contribution is 2.02. The van der Waals surface area contributed by atoms with Crippen molar-refractivity contribution in [2.45, 2.75) is 41.0 Å². The molecule has 0 aliphatic carbocycles. The van der Waals surface area contributed by atoms with Gasteiger partial charge in [-0.1, -0.05) is 57.2 Å². The highest BCUT2D eigenvalue weighted by atomic mass is 16.7. The molecule has 1 aromatic rings. The summed E-state index contributed by atoms with van der Waals surface area (Å²) in [5, 5.41) is 0. The first-order valence-electron chi connectivity index (χ1n) is 7.87. The van der Waals surface area contributed by atoms with Crippen LogP contribution < -0.4 is 0 Å². The first kappa shape index (κ1) is 23.4. The van der Waals surface area contributed by atoms with Crippen LogP contribution >= 0.6 is 0 Å². The van der Waals surface area contributed by atoms with Crippen molar-refractivity contribution in [1.82, 2.24) is 0 Å². The summed E-state index contributed by atoms with van der Waals surface area (Å²) >= 11 is 0. The van der Waals surface area contributed by atoms with Gasteiger partial charge in [-0.2, -0.15) is 0 Å². The maximum Gasteiger partial charge on any atom is 0.304 e. The van der Waals surface area contributed by atoms with E-state index in [0.717, 1.165) is 6.42 Å². The van der Waals surface area contributed by atoms with E-state index < -0.39 is 0 Å².